The third-order valence-electron chi connectivity index (χ3n) is 4.02. The van der Waals surface area contributed by atoms with E-state index in [1.807, 2.05) is 0 Å². The second-order valence-corrected chi connectivity index (χ2v) is 6.15. The number of hydrogen-bond acceptors (Lipinski definition) is 4. The van der Waals surface area contributed by atoms with Crippen molar-refractivity contribution in [1.29, 1.82) is 0 Å². The molecule has 0 aliphatic carbocycles. The summed E-state index contributed by atoms with van der Waals surface area (Å²) in [4.78, 5) is 38.1. The van der Waals surface area contributed by atoms with Gasteiger partial charge in [-0.1, -0.05) is 6.07 Å². The molecule has 134 valence electrons. The number of anilines is 2. The molecule has 0 unspecified atom stereocenters. The molecular weight excluding hydrogens is 334 g/mol. The molecule has 3 rings (SSSR count). The summed E-state index contributed by atoms with van der Waals surface area (Å²) in [6, 6.07) is 10.9. The van der Waals surface area contributed by atoms with Crippen LogP contribution in [0.1, 0.15) is 34.6 Å². The minimum absolute atomic E-state index is 0.227. The van der Waals surface area contributed by atoms with Crippen LogP contribution in [0.2, 0.25) is 0 Å². The zero-order valence-electron chi connectivity index (χ0n) is 14.7. The van der Waals surface area contributed by atoms with Crippen LogP contribution in [0, 0.1) is 0 Å². The fourth-order valence-electron chi connectivity index (χ4n) is 2.80. The van der Waals surface area contributed by atoms with Gasteiger partial charge in [-0.2, -0.15) is 0 Å². The van der Waals surface area contributed by atoms with Crippen molar-refractivity contribution in [3.8, 4) is 5.75 Å². The second kappa shape index (κ2) is 6.87. The normalized spacial score (nSPS) is 13.0. The Morgan fingerprint density at radius 2 is 1.62 bits per heavy atom. The lowest BCUT2D eigenvalue weighted by molar-refractivity contribution is 0.0609. The summed E-state index contributed by atoms with van der Waals surface area (Å²) in [5, 5.41) is 5.35. The summed E-state index contributed by atoms with van der Waals surface area (Å²) in [6.07, 6.45) is 0. The highest BCUT2D eigenvalue weighted by Gasteiger charge is 2.37. The van der Waals surface area contributed by atoms with E-state index in [9.17, 15) is 14.4 Å². The molecule has 0 aromatic heterocycles. The first-order valence-corrected chi connectivity index (χ1v) is 8.14. The molecule has 0 radical (unpaired) electrons. The van der Waals surface area contributed by atoms with Crippen LogP contribution in [0.3, 0.4) is 0 Å². The molecule has 2 aromatic rings. The standard InChI is InChI=1S/C19H19N3O4/c1-11(2)22-17(23)15-8-7-13(10-16(15)18(22)24)21-19(25)20-12-5-4-6-14(9-12)26-3/h4-11H,1-3H3,(H2,20,21,25). The van der Waals surface area contributed by atoms with E-state index >= 15 is 0 Å². The predicted octanol–water partition coefficient (Wildman–Crippen LogP) is 3.34. The van der Waals surface area contributed by atoms with E-state index in [4.69, 9.17) is 4.74 Å². The van der Waals surface area contributed by atoms with Crippen molar-refractivity contribution in [3.05, 3.63) is 53.6 Å². The van der Waals surface area contributed by atoms with Crippen LogP contribution in [-0.4, -0.2) is 35.9 Å². The Balaban J connectivity index is 1.75. The molecule has 26 heavy (non-hydrogen) atoms. The highest BCUT2D eigenvalue weighted by Crippen LogP contribution is 2.27. The summed E-state index contributed by atoms with van der Waals surface area (Å²) < 4.78 is 5.11. The van der Waals surface area contributed by atoms with Crippen molar-refractivity contribution in [3.63, 3.8) is 0 Å². The van der Waals surface area contributed by atoms with Crippen molar-refractivity contribution in [2.75, 3.05) is 17.7 Å². The van der Waals surface area contributed by atoms with Crippen molar-refractivity contribution >= 4 is 29.2 Å². The maximum Gasteiger partial charge on any atom is 0.323 e. The van der Waals surface area contributed by atoms with Crippen LogP contribution >= 0.6 is 0 Å². The number of urea groups is 1. The molecule has 0 atom stereocenters. The number of rotatable bonds is 4. The lowest BCUT2D eigenvalue weighted by Gasteiger charge is -2.17. The number of hydrogen-bond donors (Lipinski definition) is 2. The van der Waals surface area contributed by atoms with E-state index in [1.165, 1.54) is 11.0 Å². The lowest BCUT2D eigenvalue weighted by atomic mass is 10.1. The molecule has 0 saturated carbocycles. The smallest absolute Gasteiger partial charge is 0.323 e. The van der Waals surface area contributed by atoms with E-state index in [0.717, 1.165) is 0 Å². The maximum atomic E-state index is 12.4. The molecule has 7 heteroatoms. The summed E-state index contributed by atoms with van der Waals surface area (Å²) in [7, 11) is 1.54. The molecule has 4 amide bonds. The summed E-state index contributed by atoms with van der Waals surface area (Å²) in [6.45, 7) is 3.56. The number of amides is 4. The van der Waals surface area contributed by atoms with E-state index in [1.54, 1.807) is 57.4 Å². The molecule has 2 N–H and O–H groups in total. The first kappa shape index (κ1) is 17.5. The zero-order valence-corrected chi connectivity index (χ0v) is 14.7. The first-order valence-electron chi connectivity index (χ1n) is 8.14. The van der Waals surface area contributed by atoms with Gasteiger partial charge in [0.05, 0.1) is 18.2 Å². The fraction of sp³-hybridized carbons (Fsp3) is 0.211. The summed E-state index contributed by atoms with van der Waals surface area (Å²) >= 11 is 0. The number of imide groups is 1. The SMILES string of the molecule is COc1cccc(NC(=O)Nc2ccc3c(c2)C(=O)N(C(C)C)C3=O)c1. The van der Waals surface area contributed by atoms with Gasteiger partial charge in [-0.3, -0.25) is 14.5 Å². The Morgan fingerprint density at radius 3 is 2.27 bits per heavy atom. The third kappa shape index (κ3) is 3.23. The average Bonchev–Trinajstić information content (AvgIpc) is 2.85. The van der Waals surface area contributed by atoms with Crippen LogP contribution < -0.4 is 15.4 Å². The van der Waals surface area contributed by atoms with Gasteiger partial charge in [0.15, 0.2) is 0 Å². The highest BCUT2D eigenvalue weighted by molar-refractivity contribution is 6.22. The van der Waals surface area contributed by atoms with Gasteiger partial charge in [0, 0.05) is 23.5 Å². The molecule has 1 heterocycles. The number of nitrogens with zero attached hydrogens (tertiary/aromatic N) is 1. The molecule has 2 aromatic carbocycles. The van der Waals surface area contributed by atoms with Gasteiger partial charge in [0.2, 0.25) is 0 Å². The third-order valence-corrected chi connectivity index (χ3v) is 4.02. The van der Waals surface area contributed by atoms with Gasteiger partial charge in [0.25, 0.3) is 11.8 Å². The van der Waals surface area contributed by atoms with Crippen molar-refractivity contribution in [2.45, 2.75) is 19.9 Å². The average molecular weight is 353 g/mol. The minimum atomic E-state index is -0.462. The van der Waals surface area contributed by atoms with Gasteiger partial charge in [-0.15, -0.1) is 0 Å². The highest BCUT2D eigenvalue weighted by atomic mass is 16.5. The van der Waals surface area contributed by atoms with Gasteiger partial charge >= 0.3 is 6.03 Å². The van der Waals surface area contributed by atoms with Crippen molar-refractivity contribution in [1.82, 2.24) is 4.90 Å². The minimum Gasteiger partial charge on any atom is -0.497 e. The van der Waals surface area contributed by atoms with Crippen molar-refractivity contribution < 1.29 is 19.1 Å². The van der Waals surface area contributed by atoms with E-state index < -0.39 is 6.03 Å². The predicted molar refractivity (Wildman–Crippen MR) is 97.7 cm³/mol. The summed E-state index contributed by atoms with van der Waals surface area (Å²) in [5.74, 6) is -0.0394. The quantitative estimate of drug-likeness (QED) is 0.825. The molecular formula is C19H19N3O4. The van der Waals surface area contributed by atoms with E-state index in [0.29, 0.717) is 28.3 Å². The van der Waals surface area contributed by atoms with Gasteiger partial charge in [-0.25, -0.2) is 4.79 Å². The molecule has 1 aliphatic rings. The van der Waals surface area contributed by atoms with Crippen LogP contribution in [-0.2, 0) is 0 Å². The van der Waals surface area contributed by atoms with Gasteiger partial charge in [-0.05, 0) is 44.2 Å². The number of fused-ring (bicyclic) bond motifs is 1. The van der Waals surface area contributed by atoms with E-state index in [-0.39, 0.29) is 17.9 Å². The Kier molecular flexibility index (Phi) is 4.62. The maximum absolute atomic E-state index is 12.4. The van der Waals surface area contributed by atoms with Gasteiger partial charge in [0.1, 0.15) is 5.75 Å². The Morgan fingerprint density at radius 1 is 0.962 bits per heavy atom. The lowest BCUT2D eigenvalue weighted by Crippen LogP contribution is -2.35. The van der Waals surface area contributed by atoms with Crippen LogP contribution in [0.4, 0.5) is 16.2 Å². The molecule has 0 saturated heterocycles. The number of ether oxygens (including phenoxy) is 1. The largest absolute Gasteiger partial charge is 0.497 e. The number of carbonyl (C=O) groups excluding carboxylic acids is 3. The zero-order chi connectivity index (χ0) is 18.8. The van der Waals surface area contributed by atoms with E-state index in [2.05, 4.69) is 10.6 Å². The van der Waals surface area contributed by atoms with Crippen LogP contribution in [0.5, 0.6) is 5.75 Å². The van der Waals surface area contributed by atoms with Crippen LogP contribution in [0.15, 0.2) is 42.5 Å². The molecule has 1 aliphatic heterocycles. The number of carbonyl (C=O) groups is 3. The van der Waals surface area contributed by atoms with Crippen LogP contribution in [0.25, 0.3) is 0 Å². The van der Waals surface area contributed by atoms with Crippen molar-refractivity contribution in [2.24, 2.45) is 0 Å². The molecule has 0 fully saturated rings. The number of benzene rings is 2. The fourth-order valence-corrected chi connectivity index (χ4v) is 2.80. The molecule has 0 spiro atoms. The first-order chi connectivity index (χ1) is 12.4. The topological polar surface area (TPSA) is 87.7 Å². The molecule has 0 bridgehead atoms. The number of nitrogens with one attached hydrogen (secondary N) is 2. The summed E-state index contributed by atoms with van der Waals surface area (Å²) in [5.41, 5.74) is 1.64. The molecule has 7 nitrogen and oxygen atoms in total. The van der Waals surface area contributed by atoms with Gasteiger partial charge < -0.3 is 15.4 Å². The monoisotopic (exact) mass is 353 g/mol. The Bertz CT molecular complexity index is 892. The Labute approximate surface area is 150 Å². The Hall–Kier alpha value is -3.35. The second-order valence-electron chi connectivity index (χ2n) is 6.15. The number of methoxy groups -OCH3 is 1.